The van der Waals surface area contributed by atoms with Crippen molar-refractivity contribution in [3.63, 3.8) is 0 Å². The maximum atomic E-state index is 5.67. The number of likely N-dealkylation sites (N-methyl/N-ethyl adjacent to an activating group) is 1. The summed E-state index contributed by atoms with van der Waals surface area (Å²) in [7, 11) is 2.24. The predicted molar refractivity (Wildman–Crippen MR) is 65.9 cm³/mol. The van der Waals surface area contributed by atoms with Crippen LogP contribution >= 0.6 is 0 Å². The van der Waals surface area contributed by atoms with Gasteiger partial charge in [0.05, 0.1) is 0 Å². The van der Waals surface area contributed by atoms with E-state index >= 15 is 0 Å². The van der Waals surface area contributed by atoms with Crippen LogP contribution in [-0.4, -0.2) is 55.6 Å². The molecule has 0 bridgehead atoms. The molecule has 2 unspecified atom stereocenters. The minimum absolute atomic E-state index is 0.626. The maximum absolute atomic E-state index is 5.67. The molecule has 1 aliphatic heterocycles. The molecule has 1 saturated heterocycles. The van der Waals surface area contributed by atoms with E-state index in [4.69, 9.17) is 5.73 Å². The summed E-state index contributed by atoms with van der Waals surface area (Å²) in [5.41, 5.74) is 5.67. The lowest BCUT2D eigenvalue weighted by atomic mass is 9.99. The molecule has 1 aliphatic rings. The van der Waals surface area contributed by atoms with E-state index in [0.29, 0.717) is 12.0 Å². The van der Waals surface area contributed by atoms with Crippen molar-refractivity contribution < 1.29 is 0 Å². The summed E-state index contributed by atoms with van der Waals surface area (Å²) >= 11 is 0. The van der Waals surface area contributed by atoms with Crippen molar-refractivity contribution in [2.24, 2.45) is 17.6 Å². The lowest BCUT2D eigenvalue weighted by Crippen LogP contribution is -2.54. The van der Waals surface area contributed by atoms with Gasteiger partial charge in [-0.3, -0.25) is 0 Å². The molecule has 0 radical (unpaired) electrons. The fourth-order valence-corrected chi connectivity index (χ4v) is 2.36. The van der Waals surface area contributed by atoms with Crippen LogP contribution in [0, 0.1) is 11.8 Å². The third-order valence-corrected chi connectivity index (χ3v) is 3.52. The van der Waals surface area contributed by atoms with Gasteiger partial charge in [-0.15, -0.1) is 0 Å². The summed E-state index contributed by atoms with van der Waals surface area (Å²) in [5, 5.41) is 0. The second kappa shape index (κ2) is 5.83. The van der Waals surface area contributed by atoms with Crippen LogP contribution in [0.15, 0.2) is 0 Å². The molecule has 2 N–H and O–H groups in total. The molecular formula is C12H27N3. The van der Waals surface area contributed by atoms with Crippen molar-refractivity contribution in [2.45, 2.75) is 26.8 Å². The average Bonchev–Trinajstić information content (AvgIpc) is 2.20. The van der Waals surface area contributed by atoms with Gasteiger partial charge in [0.15, 0.2) is 0 Å². The molecule has 0 aliphatic carbocycles. The molecule has 15 heavy (non-hydrogen) atoms. The van der Waals surface area contributed by atoms with Crippen molar-refractivity contribution in [2.75, 3.05) is 39.8 Å². The molecule has 0 amide bonds. The highest BCUT2D eigenvalue weighted by Crippen LogP contribution is 2.16. The van der Waals surface area contributed by atoms with E-state index in [0.717, 1.165) is 19.0 Å². The van der Waals surface area contributed by atoms with Crippen molar-refractivity contribution in [3.8, 4) is 0 Å². The molecule has 3 heteroatoms. The zero-order valence-electron chi connectivity index (χ0n) is 10.7. The van der Waals surface area contributed by atoms with Gasteiger partial charge in [-0.1, -0.05) is 20.8 Å². The van der Waals surface area contributed by atoms with Gasteiger partial charge in [0.2, 0.25) is 0 Å². The minimum Gasteiger partial charge on any atom is -0.330 e. The van der Waals surface area contributed by atoms with Gasteiger partial charge in [-0.05, 0) is 25.4 Å². The highest BCUT2D eigenvalue weighted by molar-refractivity contribution is 4.82. The molecule has 0 spiro atoms. The van der Waals surface area contributed by atoms with E-state index in [9.17, 15) is 0 Å². The molecule has 1 heterocycles. The van der Waals surface area contributed by atoms with Gasteiger partial charge < -0.3 is 15.5 Å². The Labute approximate surface area is 94.6 Å². The lowest BCUT2D eigenvalue weighted by Gasteiger charge is -2.42. The second-order valence-electron chi connectivity index (χ2n) is 5.39. The highest BCUT2D eigenvalue weighted by atomic mass is 15.3. The SMILES string of the molecule is CC(CN)CN1CCN(C)C(C(C)C)C1. The van der Waals surface area contributed by atoms with Gasteiger partial charge in [0.25, 0.3) is 0 Å². The first-order chi connectivity index (χ1) is 7.04. The Hall–Kier alpha value is -0.120. The van der Waals surface area contributed by atoms with Crippen LogP contribution < -0.4 is 5.73 Å². The van der Waals surface area contributed by atoms with E-state index < -0.39 is 0 Å². The van der Waals surface area contributed by atoms with E-state index in [2.05, 4.69) is 37.6 Å². The Bertz CT molecular complexity index is 182. The summed E-state index contributed by atoms with van der Waals surface area (Å²) < 4.78 is 0. The van der Waals surface area contributed by atoms with Gasteiger partial charge in [0.1, 0.15) is 0 Å². The predicted octanol–water partition coefficient (Wildman–Crippen LogP) is 0.853. The lowest BCUT2D eigenvalue weighted by molar-refractivity contribution is 0.0626. The number of hydrogen-bond acceptors (Lipinski definition) is 3. The molecule has 1 fully saturated rings. The summed E-state index contributed by atoms with van der Waals surface area (Å²) in [4.78, 5) is 5.07. The normalized spacial score (nSPS) is 27.2. The van der Waals surface area contributed by atoms with Crippen LogP contribution in [0.3, 0.4) is 0 Å². The molecule has 2 atom stereocenters. The topological polar surface area (TPSA) is 32.5 Å². The second-order valence-corrected chi connectivity index (χ2v) is 5.39. The zero-order valence-corrected chi connectivity index (χ0v) is 10.7. The fraction of sp³-hybridized carbons (Fsp3) is 1.00. The van der Waals surface area contributed by atoms with Gasteiger partial charge in [0, 0.05) is 32.2 Å². The molecule has 0 aromatic rings. The smallest absolute Gasteiger partial charge is 0.0243 e. The van der Waals surface area contributed by atoms with E-state index in [-0.39, 0.29) is 0 Å². The van der Waals surface area contributed by atoms with E-state index in [1.165, 1.54) is 19.6 Å². The van der Waals surface area contributed by atoms with Crippen LogP contribution in [-0.2, 0) is 0 Å². The number of nitrogens with zero attached hydrogens (tertiary/aromatic N) is 2. The van der Waals surface area contributed by atoms with Gasteiger partial charge in [-0.2, -0.15) is 0 Å². The zero-order chi connectivity index (χ0) is 11.4. The number of hydrogen-bond donors (Lipinski definition) is 1. The van der Waals surface area contributed by atoms with Gasteiger partial charge >= 0.3 is 0 Å². The van der Waals surface area contributed by atoms with Crippen LogP contribution in [0.1, 0.15) is 20.8 Å². The maximum Gasteiger partial charge on any atom is 0.0243 e. The Balaban J connectivity index is 2.43. The third kappa shape index (κ3) is 3.74. The van der Waals surface area contributed by atoms with Crippen molar-refractivity contribution in [3.05, 3.63) is 0 Å². The summed E-state index contributed by atoms with van der Waals surface area (Å²) in [6.45, 7) is 12.4. The molecule has 0 aromatic heterocycles. The minimum atomic E-state index is 0.626. The summed E-state index contributed by atoms with van der Waals surface area (Å²) in [5.74, 6) is 1.37. The highest BCUT2D eigenvalue weighted by Gasteiger charge is 2.26. The van der Waals surface area contributed by atoms with Crippen molar-refractivity contribution in [1.82, 2.24) is 9.80 Å². The Morgan fingerprint density at radius 1 is 1.27 bits per heavy atom. The third-order valence-electron chi connectivity index (χ3n) is 3.52. The fourth-order valence-electron chi connectivity index (χ4n) is 2.36. The molecular weight excluding hydrogens is 186 g/mol. The Morgan fingerprint density at radius 3 is 2.47 bits per heavy atom. The van der Waals surface area contributed by atoms with Crippen LogP contribution in [0.4, 0.5) is 0 Å². The molecule has 0 saturated carbocycles. The number of piperazine rings is 1. The standard InChI is InChI=1S/C12H27N3/c1-10(2)12-9-15(6-5-14(12)4)8-11(3)7-13/h10-12H,5-9,13H2,1-4H3. The monoisotopic (exact) mass is 213 g/mol. The summed E-state index contributed by atoms with van der Waals surface area (Å²) in [6.07, 6.45) is 0. The molecule has 3 nitrogen and oxygen atoms in total. The largest absolute Gasteiger partial charge is 0.330 e. The molecule has 0 aromatic carbocycles. The molecule has 90 valence electrons. The Morgan fingerprint density at radius 2 is 1.93 bits per heavy atom. The molecule has 1 rings (SSSR count). The number of rotatable bonds is 4. The first kappa shape index (κ1) is 12.9. The summed E-state index contributed by atoms with van der Waals surface area (Å²) in [6, 6.07) is 0.712. The van der Waals surface area contributed by atoms with E-state index in [1.54, 1.807) is 0 Å². The number of nitrogens with two attached hydrogens (primary N) is 1. The quantitative estimate of drug-likeness (QED) is 0.751. The van der Waals surface area contributed by atoms with Crippen molar-refractivity contribution in [1.29, 1.82) is 0 Å². The van der Waals surface area contributed by atoms with Gasteiger partial charge in [-0.25, -0.2) is 0 Å². The van der Waals surface area contributed by atoms with Crippen LogP contribution in [0.2, 0.25) is 0 Å². The van der Waals surface area contributed by atoms with Crippen molar-refractivity contribution >= 4 is 0 Å². The Kier molecular flexibility index (Phi) is 5.03. The van der Waals surface area contributed by atoms with Crippen LogP contribution in [0.5, 0.6) is 0 Å². The van der Waals surface area contributed by atoms with E-state index in [1.807, 2.05) is 0 Å². The van der Waals surface area contributed by atoms with Crippen LogP contribution in [0.25, 0.3) is 0 Å². The average molecular weight is 213 g/mol. The first-order valence-corrected chi connectivity index (χ1v) is 6.17. The first-order valence-electron chi connectivity index (χ1n) is 6.17.